The largest absolute Gasteiger partial charge is 0.444 e. The second kappa shape index (κ2) is 15.1. The number of ether oxygens (including phenoxy) is 2. The number of H-pyrrole nitrogens is 2. The van der Waals surface area contributed by atoms with Gasteiger partial charge in [0, 0.05) is 19.3 Å². The predicted molar refractivity (Wildman–Crippen MR) is 213 cm³/mol. The summed E-state index contributed by atoms with van der Waals surface area (Å²) >= 11 is 0. The molecule has 9 rings (SSSR count). The van der Waals surface area contributed by atoms with Crippen molar-refractivity contribution in [1.82, 2.24) is 34.6 Å². The Labute approximate surface area is 330 Å². The van der Waals surface area contributed by atoms with Crippen LogP contribution in [0.15, 0.2) is 122 Å². The molecular weight excluding hydrogens is 722 g/mol. The zero-order valence-corrected chi connectivity index (χ0v) is 31.8. The van der Waals surface area contributed by atoms with Crippen molar-refractivity contribution in [1.29, 1.82) is 0 Å². The Morgan fingerprint density at radius 3 is 1.91 bits per heavy atom. The van der Waals surface area contributed by atoms with Crippen molar-refractivity contribution in [2.24, 2.45) is 0 Å². The van der Waals surface area contributed by atoms with Crippen molar-refractivity contribution < 1.29 is 23.5 Å². The number of likely N-dealkylation sites (tertiary alicyclic amines) is 1. The summed E-state index contributed by atoms with van der Waals surface area (Å²) in [6, 6.07) is 34.3. The van der Waals surface area contributed by atoms with Crippen molar-refractivity contribution in [2.75, 3.05) is 27.2 Å². The molecule has 1 spiro atoms. The summed E-state index contributed by atoms with van der Waals surface area (Å²) in [5.74, 6) is 1.10. The van der Waals surface area contributed by atoms with Crippen LogP contribution in [0.25, 0.3) is 33.6 Å². The third-order valence-electron chi connectivity index (χ3n) is 11.3. The van der Waals surface area contributed by atoms with Gasteiger partial charge < -0.3 is 24.3 Å². The van der Waals surface area contributed by atoms with Gasteiger partial charge in [-0.25, -0.2) is 19.2 Å². The van der Waals surface area contributed by atoms with E-state index in [9.17, 15) is 14.0 Å². The van der Waals surface area contributed by atoms with E-state index in [0.717, 1.165) is 57.6 Å². The van der Waals surface area contributed by atoms with Crippen molar-refractivity contribution in [3.63, 3.8) is 0 Å². The molecule has 4 aromatic carbocycles. The lowest BCUT2D eigenvalue weighted by atomic mass is 10.0. The number of hydrogen-bond donors (Lipinski definition) is 2. The van der Waals surface area contributed by atoms with Gasteiger partial charge in [0.25, 0.3) is 0 Å². The quantitative estimate of drug-likeness (QED) is 0.144. The second-order valence-corrected chi connectivity index (χ2v) is 15.3. The topological polar surface area (TPSA) is 120 Å². The molecule has 11 nitrogen and oxygen atoms in total. The number of nitrogens with zero attached hydrogens (tertiary/aromatic N) is 5. The average Bonchev–Trinajstić information content (AvgIpc) is 3.67. The standard InChI is InChI=1S/C45H44FN7O4/c1-51(2)40(34-11-7-4-8-12-34)43(54)52-26-35(46)23-38(52)41-47-24-36(49-41)32-17-13-30(14-18-32)31-15-19-33(20-16-31)37-25-48-42(50-37)39-28-57-45(21-22-45)53(39)44(55)56-27-29-9-5-3-6-10-29/h3-20,24-25,35,38-40H,21-23,26-28H2,1-2H3,(H,47,49)(H,48,50)/t35?,38-,39-,40+/m0/s1. The molecule has 1 saturated carbocycles. The number of carbonyl (C=O) groups excluding carboxylic acids is 2. The smallest absolute Gasteiger partial charge is 0.413 e. The van der Waals surface area contributed by atoms with E-state index in [1.54, 1.807) is 22.2 Å². The van der Waals surface area contributed by atoms with Gasteiger partial charge in [0.1, 0.15) is 42.2 Å². The first-order valence-electron chi connectivity index (χ1n) is 19.4. The number of hydrogen-bond acceptors (Lipinski definition) is 7. The summed E-state index contributed by atoms with van der Waals surface area (Å²) < 4.78 is 26.8. The molecule has 290 valence electrons. The van der Waals surface area contributed by atoms with Gasteiger partial charge in [-0.3, -0.25) is 14.6 Å². The fraction of sp³-hybridized carbons (Fsp3) is 0.289. The molecule has 2 amide bonds. The molecule has 4 atom stereocenters. The number of nitrogens with one attached hydrogen (secondary N) is 2. The summed E-state index contributed by atoms with van der Waals surface area (Å²) in [5, 5.41) is 0. The lowest BCUT2D eigenvalue weighted by molar-refractivity contribution is -0.137. The molecule has 2 N–H and O–H groups in total. The van der Waals surface area contributed by atoms with Crippen LogP contribution >= 0.6 is 0 Å². The predicted octanol–water partition coefficient (Wildman–Crippen LogP) is 8.25. The highest BCUT2D eigenvalue weighted by Crippen LogP contribution is 2.52. The van der Waals surface area contributed by atoms with Gasteiger partial charge in [-0.2, -0.15) is 0 Å². The van der Waals surface area contributed by atoms with E-state index >= 15 is 0 Å². The van der Waals surface area contributed by atoms with Crippen LogP contribution in [-0.4, -0.2) is 85.8 Å². The zero-order chi connectivity index (χ0) is 39.1. The monoisotopic (exact) mass is 765 g/mol. The first-order chi connectivity index (χ1) is 27.8. The Morgan fingerprint density at radius 1 is 0.807 bits per heavy atom. The van der Waals surface area contributed by atoms with E-state index < -0.39 is 30.1 Å². The molecule has 1 aliphatic carbocycles. The van der Waals surface area contributed by atoms with Gasteiger partial charge in [-0.15, -0.1) is 0 Å². The molecule has 3 fully saturated rings. The number of benzene rings is 4. The third kappa shape index (κ3) is 7.22. The average molecular weight is 766 g/mol. The minimum Gasteiger partial charge on any atom is -0.444 e. The Hall–Kier alpha value is -6.11. The number of rotatable bonds is 10. The molecule has 2 aliphatic heterocycles. The van der Waals surface area contributed by atoms with Gasteiger partial charge >= 0.3 is 6.09 Å². The molecule has 57 heavy (non-hydrogen) atoms. The summed E-state index contributed by atoms with van der Waals surface area (Å²) in [6.45, 7) is 0.580. The first-order valence-corrected chi connectivity index (χ1v) is 19.4. The first kappa shape index (κ1) is 36.5. The Morgan fingerprint density at radius 2 is 1.35 bits per heavy atom. The van der Waals surface area contributed by atoms with E-state index in [-0.39, 0.29) is 31.5 Å². The molecule has 3 aliphatic rings. The van der Waals surface area contributed by atoms with Crippen LogP contribution in [0, 0.1) is 0 Å². The van der Waals surface area contributed by atoms with Gasteiger partial charge in [0.2, 0.25) is 5.91 Å². The number of carbonyl (C=O) groups is 2. The molecule has 2 aromatic heterocycles. The number of amides is 2. The summed E-state index contributed by atoms with van der Waals surface area (Å²) in [5.41, 5.74) is 6.81. The maximum Gasteiger partial charge on any atom is 0.413 e. The number of aromatic nitrogens is 4. The molecule has 6 aromatic rings. The van der Waals surface area contributed by atoms with E-state index in [1.165, 1.54) is 0 Å². The third-order valence-corrected chi connectivity index (χ3v) is 11.3. The van der Waals surface area contributed by atoms with Crippen LogP contribution in [0.3, 0.4) is 0 Å². The lowest BCUT2D eigenvalue weighted by Crippen LogP contribution is -2.40. The minimum atomic E-state index is -1.13. The minimum absolute atomic E-state index is 0.0342. The van der Waals surface area contributed by atoms with Gasteiger partial charge in [-0.05, 0) is 47.5 Å². The lowest BCUT2D eigenvalue weighted by Gasteiger charge is -2.31. The van der Waals surface area contributed by atoms with Crippen molar-refractivity contribution in [3.05, 3.63) is 144 Å². The Bertz CT molecular complexity index is 2340. The fourth-order valence-electron chi connectivity index (χ4n) is 8.17. The highest BCUT2D eigenvalue weighted by Gasteiger charge is 2.60. The molecular formula is C45H44FN7O4. The highest BCUT2D eigenvalue weighted by molar-refractivity contribution is 5.84. The second-order valence-electron chi connectivity index (χ2n) is 15.3. The van der Waals surface area contributed by atoms with Gasteiger partial charge in [0.05, 0.1) is 43.0 Å². The normalized spacial score (nSPS) is 20.3. The van der Waals surface area contributed by atoms with Gasteiger partial charge in [-0.1, -0.05) is 109 Å². The van der Waals surface area contributed by atoms with Crippen LogP contribution in [-0.2, 0) is 20.9 Å². The molecule has 12 heteroatoms. The van der Waals surface area contributed by atoms with E-state index in [0.29, 0.717) is 18.3 Å². The number of alkyl halides is 1. The summed E-state index contributed by atoms with van der Waals surface area (Å²) in [4.78, 5) is 48.6. The number of likely N-dealkylation sites (N-methyl/N-ethyl adjacent to an activating group) is 1. The van der Waals surface area contributed by atoms with Crippen LogP contribution in [0.4, 0.5) is 9.18 Å². The van der Waals surface area contributed by atoms with E-state index in [2.05, 4.69) is 44.2 Å². The van der Waals surface area contributed by atoms with Crippen molar-refractivity contribution in [2.45, 2.75) is 55.9 Å². The maximum atomic E-state index is 14.9. The summed E-state index contributed by atoms with van der Waals surface area (Å²) in [7, 11) is 3.73. The molecule has 0 radical (unpaired) electrons. The van der Waals surface area contributed by atoms with Crippen molar-refractivity contribution >= 4 is 12.0 Å². The highest BCUT2D eigenvalue weighted by atomic mass is 19.1. The zero-order valence-electron chi connectivity index (χ0n) is 31.8. The summed E-state index contributed by atoms with van der Waals surface area (Å²) in [6.07, 6.45) is 3.76. The Kier molecular flexibility index (Phi) is 9.67. The van der Waals surface area contributed by atoms with Crippen LogP contribution in [0.5, 0.6) is 0 Å². The van der Waals surface area contributed by atoms with Crippen LogP contribution in [0.1, 0.15) is 60.2 Å². The van der Waals surface area contributed by atoms with Crippen molar-refractivity contribution in [3.8, 4) is 33.6 Å². The van der Waals surface area contributed by atoms with Crippen LogP contribution in [0.2, 0.25) is 0 Å². The molecule has 1 unspecified atom stereocenters. The van der Waals surface area contributed by atoms with Gasteiger partial charge in [0.15, 0.2) is 0 Å². The van der Waals surface area contributed by atoms with Crippen LogP contribution < -0.4 is 0 Å². The maximum absolute atomic E-state index is 14.9. The number of halogens is 1. The number of aromatic amines is 2. The number of imidazole rings is 2. The van der Waals surface area contributed by atoms with E-state index in [4.69, 9.17) is 9.47 Å². The Balaban J connectivity index is 0.862. The fourth-order valence-corrected chi connectivity index (χ4v) is 8.17. The molecule has 2 saturated heterocycles. The molecule has 4 heterocycles. The molecule has 0 bridgehead atoms. The van der Waals surface area contributed by atoms with E-state index in [1.807, 2.05) is 104 Å². The SMILES string of the molecule is CN(C)[C@@H](C(=O)N1CC(F)C[C@H]1c1ncc(-c2ccc(-c3ccc(-c4cnc([C@@H]5COC6(CC6)N5C(=O)OCc5ccccc5)[nH]4)cc3)cc2)[nH]1)c1ccccc1.